The van der Waals surface area contributed by atoms with Gasteiger partial charge in [0.1, 0.15) is 29.6 Å². The van der Waals surface area contributed by atoms with Crippen molar-refractivity contribution in [3.05, 3.63) is 79.2 Å². The van der Waals surface area contributed by atoms with Crippen LogP contribution in [0.3, 0.4) is 0 Å². The average molecular weight is 663 g/mol. The van der Waals surface area contributed by atoms with Crippen LogP contribution in [0.15, 0.2) is 51.4 Å². The summed E-state index contributed by atoms with van der Waals surface area (Å²) in [5, 5.41) is 2.81. The highest BCUT2D eigenvalue weighted by atomic mass is 79.9. The number of alkyl carbamates (subject to hydrolysis) is 1. The minimum atomic E-state index is -0.581. The first-order valence-electron chi connectivity index (χ1n) is 12.1. The lowest BCUT2D eigenvalue weighted by Crippen LogP contribution is -2.29. The van der Waals surface area contributed by atoms with Crippen LogP contribution in [0.4, 0.5) is 4.79 Å². The van der Waals surface area contributed by atoms with E-state index in [1.165, 1.54) is 14.2 Å². The van der Waals surface area contributed by atoms with Crippen LogP contribution in [-0.4, -0.2) is 33.4 Å². The molecule has 1 aliphatic heterocycles. The van der Waals surface area contributed by atoms with E-state index in [1.807, 2.05) is 42.5 Å². The van der Waals surface area contributed by atoms with Crippen LogP contribution in [0.5, 0.6) is 23.0 Å². The van der Waals surface area contributed by atoms with Crippen LogP contribution in [0.2, 0.25) is 0 Å². The Bertz CT molecular complexity index is 1410. The topological polar surface area (TPSA) is 92.3 Å². The van der Waals surface area contributed by atoms with Gasteiger partial charge in [-0.3, -0.25) is 4.79 Å². The van der Waals surface area contributed by atoms with Crippen molar-refractivity contribution in [3.8, 4) is 23.0 Å². The Morgan fingerprint density at radius 3 is 2.03 bits per heavy atom. The lowest BCUT2D eigenvalue weighted by Gasteiger charge is -2.37. The molecule has 206 valence electrons. The summed E-state index contributed by atoms with van der Waals surface area (Å²) < 4.78 is 29.7. The number of ether oxygens (including phenoxy) is 5. The van der Waals surface area contributed by atoms with E-state index in [4.69, 9.17) is 23.7 Å². The molecule has 0 saturated heterocycles. The van der Waals surface area contributed by atoms with Crippen molar-refractivity contribution < 1.29 is 33.3 Å². The van der Waals surface area contributed by atoms with Gasteiger partial charge in [0.25, 0.3) is 0 Å². The fraction of sp³-hybridized carbons (Fsp3) is 0.310. The molecule has 1 heterocycles. The van der Waals surface area contributed by atoms with Crippen LogP contribution in [0.25, 0.3) is 0 Å². The van der Waals surface area contributed by atoms with Gasteiger partial charge in [0.2, 0.25) is 0 Å². The molecule has 0 aliphatic carbocycles. The Balaban J connectivity index is 1.75. The maximum Gasteiger partial charge on any atom is 0.407 e. The zero-order valence-corrected chi connectivity index (χ0v) is 25.4. The summed E-state index contributed by atoms with van der Waals surface area (Å²) in [6.07, 6.45) is -0.637. The Morgan fingerprint density at radius 1 is 0.897 bits per heavy atom. The molecule has 0 unspecified atom stereocenters. The van der Waals surface area contributed by atoms with Crippen molar-refractivity contribution in [3.63, 3.8) is 0 Å². The van der Waals surface area contributed by atoms with E-state index < -0.39 is 17.5 Å². The van der Waals surface area contributed by atoms with Crippen LogP contribution in [-0.2, 0) is 39.3 Å². The second-order valence-electron chi connectivity index (χ2n) is 9.39. The van der Waals surface area contributed by atoms with Gasteiger partial charge in [-0.15, -0.1) is 0 Å². The van der Waals surface area contributed by atoms with Gasteiger partial charge in [0.15, 0.2) is 0 Å². The molecular weight excluding hydrogens is 634 g/mol. The molecule has 0 bridgehead atoms. The number of amides is 1. The Morgan fingerprint density at radius 2 is 1.46 bits per heavy atom. The lowest BCUT2D eigenvalue weighted by molar-refractivity contribution is -0.139. The third-order valence-corrected chi connectivity index (χ3v) is 7.87. The number of carbonyl (C=O) groups is 2. The second kappa shape index (κ2) is 11.9. The van der Waals surface area contributed by atoms with Gasteiger partial charge >= 0.3 is 12.1 Å². The zero-order valence-electron chi connectivity index (χ0n) is 22.3. The van der Waals surface area contributed by atoms with Crippen molar-refractivity contribution >= 4 is 43.9 Å². The molecule has 0 aromatic heterocycles. The maximum absolute atomic E-state index is 12.6. The summed E-state index contributed by atoms with van der Waals surface area (Å²) in [5.74, 6) is 1.57. The van der Waals surface area contributed by atoms with E-state index in [2.05, 4.69) is 51.0 Å². The average Bonchev–Trinajstić information content (AvgIpc) is 2.92. The standard InChI is InChI=1S/C29H29Br2NO7/c1-29(2)19-12-21(30)26(36-4)17(11-23(33)35-3)24(19)39-25-18(27(37-5)22(31)13-20(25)29)14-32-28(34)38-15-16-9-7-6-8-10-16/h6-10,12-13H,11,14-15H2,1-5H3,(H,32,34). The smallest absolute Gasteiger partial charge is 0.407 e. The molecule has 0 fully saturated rings. The van der Waals surface area contributed by atoms with E-state index >= 15 is 0 Å². The highest BCUT2D eigenvalue weighted by molar-refractivity contribution is 9.11. The molecule has 1 aliphatic rings. The minimum absolute atomic E-state index is 0.0556. The number of carbonyl (C=O) groups excluding carboxylic acids is 2. The Hall–Kier alpha value is -3.24. The molecule has 3 aromatic carbocycles. The van der Waals surface area contributed by atoms with Gasteiger partial charge in [-0.1, -0.05) is 44.2 Å². The first kappa shape index (κ1) is 28.8. The SMILES string of the molecule is COC(=O)Cc1c(OC)c(Br)cc2c1Oc1c(cc(Br)c(OC)c1CNC(=O)OCc1ccccc1)C2(C)C. The van der Waals surface area contributed by atoms with Crippen LogP contribution in [0.1, 0.15) is 41.7 Å². The highest BCUT2D eigenvalue weighted by Crippen LogP contribution is 2.56. The Kier molecular flexibility index (Phi) is 8.76. The van der Waals surface area contributed by atoms with E-state index in [0.29, 0.717) is 43.1 Å². The van der Waals surface area contributed by atoms with Gasteiger partial charge in [0.05, 0.1) is 48.8 Å². The number of fused-ring (bicyclic) bond motifs is 2. The van der Waals surface area contributed by atoms with Crippen molar-refractivity contribution in [1.82, 2.24) is 5.32 Å². The van der Waals surface area contributed by atoms with E-state index in [9.17, 15) is 9.59 Å². The molecule has 8 nitrogen and oxygen atoms in total. The lowest BCUT2D eigenvalue weighted by atomic mass is 9.74. The van der Waals surface area contributed by atoms with Gasteiger partial charge in [0, 0.05) is 22.1 Å². The molecule has 4 rings (SSSR count). The fourth-order valence-corrected chi connectivity index (χ4v) is 5.92. The zero-order chi connectivity index (χ0) is 28.3. The quantitative estimate of drug-likeness (QED) is 0.265. The Labute approximate surface area is 244 Å². The molecule has 3 aromatic rings. The number of nitrogens with one attached hydrogen (secondary N) is 1. The molecule has 0 atom stereocenters. The summed E-state index contributed by atoms with van der Waals surface area (Å²) in [4.78, 5) is 25.0. The predicted molar refractivity (Wildman–Crippen MR) is 153 cm³/mol. The van der Waals surface area contributed by atoms with Crippen LogP contribution in [0, 0.1) is 0 Å². The first-order valence-corrected chi connectivity index (χ1v) is 13.7. The van der Waals surface area contributed by atoms with Gasteiger partial charge in [-0.25, -0.2) is 4.79 Å². The first-order chi connectivity index (χ1) is 18.6. The number of halogens is 2. The highest BCUT2D eigenvalue weighted by Gasteiger charge is 2.40. The third kappa shape index (κ3) is 5.72. The number of methoxy groups -OCH3 is 3. The second-order valence-corrected chi connectivity index (χ2v) is 11.1. The summed E-state index contributed by atoms with van der Waals surface area (Å²) in [7, 11) is 4.42. The number of benzene rings is 3. The van der Waals surface area contributed by atoms with E-state index in [1.54, 1.807) is 7.11 Å². The normalized spacial score (nSPS) is 12.9. The number of rotatable bonds is 8. The third-order valence-electron chi connectivity index (χ3n) is 6.69. The minimum Gasteiger partial charge on any atom is -0.495 e. The van der Waals surface area contributed by atoms with Crippen molar-refractivity contribution in [1.29, 1.82) is 0 Å². The fourth-order valence-electron chi connectivity index (χ4n) is 4.66. The van der Waals surface area contributed by atoms with Gasteiger partial charge in [-0.05, 0) is 49.6 Å². The molecule has 10 heteroatoms. The maximum atomic E-state index is 12.6. The number of hydrogen-bond acceptors (Lipinski definition) is 7. The van der Waals surface area contributed by atoms with Gasteiger partial charge < -0.3 is 29.0 Å². The molecule has 0 saturated carbocycles. The molecule has 0 spiro atoms. The molecule has 1 N–H and O–H groups in total. The van der Waals surface area contributed by atoms with Crippen LogP contribution >= 0.6 is 31.9 Å². The number of esters is 1. The monoisotopic (exact) mass is 661 g/mol. The van der Waals surface area contributed by atoms with Crippen molar-refractivity contribution in [2.75, 3.05) is 21.3 Å². The molecule has 0 radical (unpaired) electrons. The summed E-state index contributed by atoms with van der Waals surface area (Å²) in [5.41, 5.74) is 3.22. The molecule has 1 amide bonds. The number of hydrogen-bond donors (Lipinski definition) is 1. The summed E-state index contributed by atoms with van der Waals surface area (Å²) in [6, 6.07) is 13.3. The van der Waals surface area contributed by atoms with Crippen molar-refractivity contribution in [2.45, 2.75) is 38.8 Å². The van der Waals surface area contributed by atoms with Crippen molar-refractivity contribution in [2.24, 2.45) is 0 Å². The predicted octanol–water partition coefficient (Wildman–Crippen LogP) is 6.80. The van der Waals surface area contributed by atoms with E-state index in [-0.39, 0.29) is 19.6 Å². The van der Waals surface area contributed by atoms with Gasteiger partial charge in [-0.2, -0.15) is 0 Å². The summed E-state index contributed by atoms with van der Waals surface area (Å²) >= 11 is 7.22. The largest absolute Gasteiger partial charge is 0.495 e. The molecule has 39 heavy (non-hydrogen) atoms. The van der Waals surface area contributed by atoms with E-state index in [0.717, 1.165) is 16.7 Å². The van der Waals surface area contributed by atoms with Crippen LogP contribution < -0.4 is 19.5 Å². The summed E-state index contributed by atoms with van der Waals surface area (Å²) in [6.45, 7) is 4.35. The molecular formula is C29H29Br2NO7.